The molecule has 0 aromatic carbocycles. The van der Waals surface area contributed by atoms with E-state index in [1.807, 2.05) is 10.9 Å². The number of esters is 1. The van der Waals surface area contributed by atoms with Gasteiger partial charge >= 0.3 is 5.97 Å². The van der Waals surface area contributed by atoms with Crippen LogP contribution in [0, 0.1) is 5.92 Å². The van der Waals surface area contributed by atoms with Gasteiger partial charge in [-0.1, -0.05) is 0 Å². The van der Waals surface area contributed by atoms with Crippen molar-refractivity contribution in [3.8, 4) is 0 Å². The second-order valence-corrected chi connectivity index (χ2v) is 5.01. The summed E-state index contributed by atoms with van der Waals surface area (Å²) in [5.41, 5.74) is 2.80. The van der Waals surface area contributed by atoms with E-state index in [0.717, 1.165) is 31.4 Å². The van der Waals surface area contributed by atoms with Crippen molar-refractivity contribution >= 4 is 17.3 Å². The van der Waals surface area contributed by atoms with Crippen LogP contribution in [0.5, 0.6) is 0 Å². The van der Waals surface area contributed by atoms with Gasteiger partial charge in [-0.15, -0.1) is 11.3 Å². The molecule has 0 radical (unpaired) electrons. The molecule has 0 atom stereocenters. The molecule has 0 saturated heterocycles. The van der Waals surface area contributed by atoms with Crippen molar-refractivity contribution in [3.05, 3.63) is 16.6 Å². The van der Waals surface area contributed by atoms with Crippen LogP contribution in [0.1, 0.15) is 31.4 Å². The lowest BCUT2D eigenvalue weighted by atomic mass is 9.87. The first kappa shape index (κ1) is 12.5. The Balaban J connectivity index is 1.70. The van der Waals surface area contributed by atoms with E-state index in [9.17, 15) is 4.79 Å². The number of nitrogens with zero attached hydrogens (tertiary/aromatic N) is 1. The van der Waals surface area contributed by atoms with Gasteiger partial charge in [0, 0.05) is 5.38 Å². The minimum Gasteiger partial charge on any atom is -0.469 e. The zero-order valence-electron chi connectivity index (χ0n) is 9.93. The Morgan fingerprint density at radius 1 is 1.47 bits per heavy atom. The van der Waals surface area contributed by atoms with Crippen molar-refractivity contribution in [2.24, 2.45) is 5.92 Å². The summed E-state index contributed by atoms with van der Waals surface area (Å²) < 4.78 is 10.5. The van der Waals surface area contributed by atoms with E-state index in [-0.39, 0.29) is 18.0 Å². The van der Waals surface area contributed by atoms with Gasteiger partial charge < -0.3 is 9.47 Å². The van der Waals surface area contributed by atoms with E-state index in [1.54, 1.807) is 11.3 Å². The molecule has 1 aromatic rings. The maximum atomic E-state index is 11.3. The molecular formula is C12H17NO3S. The fourth-order valence-corrected chi connectivity index (χ4v) is 2.69. The summed E-state index contributed by atoms with van der Waals surface area (Å²) in [6.45, 7) is 0.580. The zero-order chi connectivity index (χ0) is 12.1. The number of hydrogen-bond donors (Lipinski definition) is 0. The van der Waals surface area contributed by atoms with Gasteiger partial charge in [-0.05, 0) is 25.7 Å². The zero-order valence-corrected chi connectivity index (χ0v) is 10.7. The lowest BCUT2D eigenvalue weighted by molar-refractivity contribution is -0.147. The molecule has 0 N–H and O–H groups in total. The standard InChI is InChI=1S/C12H17NO3S/c1-15-12(14)9-2-4-11(5-3-9)16-6-10-7-17-8-13-10/h7-9,11H,2-6H2,1H3. The van der Waals surface area contributed by atoms with Crippen LogP contribution in [-0.4, -0.2) is 24.2 Å². The van der Waals surface area contributed by atoms with Crippen LogP contribution in [0.15, 0.2) is 10.9 Å². The van der Waals surface area contributed by atoms with E-state index in [4.69, 9.17) is 9.47 Å². The molecule has 0 bridgehead atoms. The first-order valence-electron chi connectivity index (χ1n) is 5.86. The Kier molecular flexibility index (Phi) is 4.50. The molecule has 4 nitrogen and oxygen atoms in total. The van der Waals surface area contributed by atoms with E-state index >= 15 is 0 Å². The number of carbonyl (C=O) groups is 1. The third-order valence-corrected chi connectivity index (χ3v) is 3.79. The van der Waals surface area contributed by atoms with E-state index < -0.39 is 0 Å². The molecule has 0 unspecified atom stereocenters. The number of carbonyl (C=O) groups excluding carboxylic acids is 1. The minimum atomic E-state index is -0.0806. The van der Waals surface area contributed by atoms with Crippen LogP contribution in [0.25, 0.3) is 0 Å². The fourth-order valence-electron chi connectivity index (χ4n) is 2.14. The third kappa shape index (κ3) is 3.51. The molecule has 1 fully saturated rings. The highest BCUT2D eigenvalue weighted by atomic mass is 32.1. The Hall–Kier alpha value is -0.940. The van der Waals surface area contributed by atoms with E-state index in [2.05, 4.69) is 4.98 Å². The number of thiazole rings is 1. The van der Waals surface area contributed by atoms with Gasteiger partial charge in [0.25, 0.3) is 0 Å². The van der Waals surface area contributed by atoms with Crippen LogP contribution >= 0.6 is 11.3 Å². The third-order valence-electron chi connectivity index (χ3n) is 3.16. The maximum Gasteiger partial charge on any atom is 0.308 e. The average Bonchev–Trinajstić information content (AvgIpc) is 2.89. The summed E-state index contributed by atoms with van der Waals surface area (Å²) in [5, 5.41) is 2.00. The Morgan fingerprint density at radius 3 is 2.82 bits per heavy atom. The first-order valence-corrected chi connectivity index (χ1v) is 6.80. The highest BCUT2D eigenvalue weighted by molar-refractivity contribution is 7.07. The summed E-state index contributed by atoms with van der Waals surface area (Å²) in [4.78, 5) is 15.5. The highest BCUT2D eigenvalue weighted by Gasteiger charge is 2.27. The first-order chi connectivity index (χ1) is 8.29. The predicted molar refractivity (Wildman–Crippen MR) is 64.7 cm³/mol. The van der Waals surface area contributed by atoms with Crippen molar-refractivity contribution < 1.29 is 14.3 Å². The SMILES string of the molecule is COC(=O)C1CCC(OCc2cscn2)CC1. The predicted octanol–water partition coefficient (Wildman–Crippen LogP) is 2.39. The number of hydrogen-bond acceptors (Lipinski definition) is 5. The lowest BCUT2D eigenvalue weighted by Crippen LogP contribution is -2.26. The quantitative estimate of drug-likeness (QED) is 0.775. The van der Waals surface area contributed by atoms with Crippen LogP contribution in [0.4, 0.5) is 0 Å². The number of ether oxygens (including phenoxy) is 2. The summed E-state index contributed by atoms with van der Waals surface area (Å²) in [7, 11) is 1.45. The monoisotopic (exact) mass is 255 g/mol. The minimum absolute atomic E-state index is 0.0686. The molecular weight excluding hydrogens is 238 g/mol. The summed E-state index contributed by atoms with van der Waals surface area (Å²) in [6.07, 6.45) is 3.87. The van der Waals surface area contributed by atoms with Gasteiger partial charge in [0.1, 0.15) is 0 Å². The molecule has 0 spiro atoms. The van der Waals surface area contributed by atoms with Gasteiger partial charge in [-0.3, -0.25) is 4.79 Å². The van der Waals surface area contributed by atoms with Crippen LogP contribution < -0.4 is 0 Å². The Labute approximate surface area is 105 Å². The summed E-state index contributed by atoms with van der Waals surface area (Å²) in [5.74, 6) is -0.0120. The second-order valence-electron chi connectivity index (χ2n) is 4.29. The van der Waals surface area contributed by atoms with Gasteiger partial charge in [-0.2, -0.15) is 0 Å². The Bertz CT molecular complexity index is 345. The average molecular weight is 255 g/mol. The molecule has 2 rings (SSSR count). The smallest absolute Gasteiger partial charge is 0.308 e. The second kappa shape index (κ2) is 6.12. The van der Waals surface area contributed by atoms with Crippen molar-refractivity contribution in [1.29, 1.82) is 0 Å². The Morgan fingerprint density at radius 2 is 2.24 bits per heavy atom. The molecule has 1 aliphatic rings. The van der Waals surface area contributed by atoms with E-state index in [1.165, 1.54) is 7.11 Å². The largest absolute Gasteiger partial charge is 0.469 e. The number of rotatable bonds is 4. The normalized spacial score (nSPS) is 24.5. The molecule has 0 amide bonds. The molecule has 1 heterocycles. The lowest BCUT2D eigenvalue weighted by Gasteiger charge is -2.26. The van der Waals surface area contributed by atoms with Gasteiger partial charge in [-0.25, -0.2) is 4.98 Å². The van der Waals surface area contributed by atoms with Crippen molar-refractivity contribution in [1.82, 2.24) is 4.98 Å². The molecule has 17 heavy (non-hydrogen) atoms. The van der Waals surface area contributed by atoms with Crippen molar-refractivity contribution in [3.63, 3.8) is 0 Å². The molecule has 5 heteroatoms. The number of aromatic nitrogens is 1. The molecule has 1 aromatic heterocycles. The van der Waals surface area contributed by atoms with Crippen LogP contribution in [0.3, 0.4) is 0 Å². The molecule has 0 aliphatic heterocycles. The molecule has 1 aliphatic carbocycles. The summed E-state index contributed by atoms with van der Waals surface area (Å²) in [6, 6.07) is 0. The van der Waals surface area contributed by atoms with E-state index in [0.29, 0.717) is 6.61 Å². The van der Waals surface area contributed by atoms with Crippen molar-refractivity contribution in [2.75, 3.05) is 7.11 Å². The summed E-state index contributed by atoms with van der Waals surface area (Å²) >= 11 is 1.58. The number of methoxy groups -OCH3 is 1. The highest BCUT2D eigenvalue weighted by Crippen LogP contribution is 2.27. The van der Waals surface area contributed by atoms with Gasteiger partial charge in [0.15, 0.2) is 0 Å². The van der Waals surface area contributed by atoms with Gasteiger partial charge in [0.05, 0.1) is 36.9 Å². The topological polar surface area (TPSA) is 48.4 Å². The molecule has 94 valence electrons. The van der Waals surface area contributed by atoms with Crippen LogP contribution in [0.2, 0.25) is 0 Å². The van der Waals surface area contributed by atoms with Crippen LogP contribution in [-0.2, 0) is 20.9 Å². The fraction of sp³-hybridized carbons (Fsp3) is 0.667. The van der Waals surface area contributed by atoms with Gasteiger partial charge in [0.2, 0.25) is 0 Å². The van der Waals surface area contributed by atoms with Crippen molar-refractivity contribution in [2.45, 2.75) is 38.4 Å². The molecule has 1 saturated carbocycles. The maximum absolute atomic E-state index is 11.3.